The summed E-state index contributed by atoms with van der Waals surface area (Å²) in [5.41, 5.74) is 1.33. The van der Waals surface area contributed by atoms with Crippen LogP contribution < -0.4 is 0 Å². The molecule has 0 unspecified atom stereocenters. The first-order valence-electron chi connectivity index (χ1n) is 5.07. The molecule has 0 N–H and O–H groups in total. The molecule has 1 aromatic heterocycles. The van der Waals surface area contributed by atoms with Gasteiger partial charge in [0.15, 0.2) is 5.69 Å². The Balaban J connectivity index is 2.16. The summed E-state index contributed by atoms with van der Waals surface area (Å²) < 4.78 is 4.60. The Labute approximate surface area is 118 Å². The van der Waals surface area contributed by atoms with E-state index in [1.165, 1.54) is 18.4 Å². The second-order valence-electron chi connectivity index (χ2n) is 3.54. The lowest BCUT2D eigenvalue weighted by Gasteiger charge is -2.00. The number of ether oxygens (including phenoxy) is 1. The lowest BCUT2D eigenvalue weighted by molar-refractivity contribution is 0.0594. The van der Waals surface area contributed by atoms with Gasteiger partial charge in [0.05, 0.1) is 22.2 Å². The molecule has 1 heterocycles. The quantitative estimate of drug-likeness (QED) is 0.809. The van der Waals surface area contributed by atoms with Crippen molar-refractivity contribution in [2.24, 2.45) is 0 Å². The second kappa shape index (κ2) is 5.69. The number of methoxy groups -OCH3 is 1. The van der Waals surface area contributed by atoms with Crippen LogP contribution in [0.25, 0.3) is 0 Å². The maximum absolute atomic E-state index is 11.3. The summed E-state index contributed by atoms with van der Waals surface area (Å²) in [5.74, 6) is -0.424. The molecule has 0 aliphatic rings. The normalized spacial score (nSPS) is 10.4. The first-order chi connectivity index (χ1) is 8.60. The number of nitrogens with zero attached hydrogens (tertiary/aromatic N) is 1. The molecule has 0 saturated heterocycles. The molecule has 2 rings (SSSR count). The lowest BCUT2D eigenvalue weighted by atomic mass is 10.2. The molecule has 1 aromatic carbocycles. The van der Waals surface area contributed by atoms with E-state index in [1.54, 1.807) is 17.5 Å². The van der Waals surface area contributed by atoms with Crippen molar-refractivity contribution in [2.75, 3.05) is 7.11 Å². The first-order valence-corrected chi connectivity index (χ1v) is 6.70. The number of halogens is 2. The molecule has 0 aliphatic carbocycles. The van der Waals surface area contributed by atoms with Gasteiger partial charge >= 0.3 is 5.97 Å². The van der Waals surface area contributed by atoms with Gasteiger partial charge < -0.3 is 4.74 Å². The van der Waals surface area contributed by atoms with Crippen LogP contribution in [0.5, 0.6) is 0 Å². The van der Waals surface area contributed by atoms with Crippen molar-refractivity contribution in [1.82, 2.24) is 4.98 Å². The van der Waals surface area contributed by atoms with Crippen molar-refractivity contribution in [3.05, 3.63) is 49.9 Å². The summed E-state index contributed by atoms with van der Waals surface area (Å²) in [6, 6.07) is 5.42. The van der Waals surface area contributed by atoms with Gasteiger partial charge in [-0.1, -0.05) is 29.3 Å². The topological polar surface area (TPSA) is 39.2 Å². The van der Waals surface area contributed by atoms with E-state index in [-0.39, 0.29) is 0 Å². The molecule has 0 fully saturated rings. The van der Waals surface area contributed by atoms with Gasteiger partial charge in [0, 0.05) is 11.8 Å². The Hall–Kier alpha value is -1.10. The van der Waals surface area contributed by atoms with Gasteiger partial charge in [-0.05, 0) is 17.7 Å². The molecule has 0 aliphatic heterocycles. The van der Waals surface area contributed by atoms with Gasteiger partial charge in [0.2, 0.25) is 0 Å². The fourth-order valence-electron chi connectivity index (χ4n) is 1.41. The average molecular weight is 302 g/mol. The van der Waals surface area contributed by atoms with Crippen LogP contribution in [0.4, 0.5) is 0 Å². The van der Waals surface area contributed by atoms with E-state index in [0.29, 0.717) is 22.2 Å². The molecule has 0 radical (unpaired) electrons. The number of carbonyl (C=O) groups excluding carboxylic acids is 1. The molecule has 0 saturated carbocycles. The van der Waals surface area contributed by atoms with E-state index in [0.717, 1.165) is 10.6 Å². The third kappa shape index (κ3) is 3.02. The zero-order valence-corrected chi connectivity index (χ0v) is 11.8. The largest absolute Gasteiger partial charge is 0.464 e. The van der Waals surface area contributed by atoms with Crippen molar-refractivity contribution in [3.8, 4) is 0 Å². The molecule has 6 heteroatoms. The maximum atomic E-state index is 11.3. The molecule has 0 amide bonds. The predicted molar refractivity (Wildman–Crippen MR) is 72.7 cm³/mol. The zero-order valence-electron chi connectivity index (χ0n) is 9.44. The highest BCUT2D eigenvalue weighted by Crippen LogP contribution is 2.24. The Morgan fingerprint density at radius 1 is 1.39 bits per heavy atom. The highest BCUT2D eigenvalue weighted by atomic mass is 35.5. The summed E-state index contributed by atoms with van der Waals surface area (Å²) in [4.78, 5) is 15.5. The molecular weight excluding hydrogens is 293 g/mol. The van der Waals surface area contributed by atoms with Crippen LogP contribution in [0.15, 0.2) is 23.6 Å². The van der Waals surface area contributed by atoms with E-state index < -0.39 is 5.97 Å². The number of hydrogen-bond donors (Lipinski definition) is 0. The van der Waals surface area contributed by atoms with Gasteiger partial charge in [0.25, 0.3) is 0 Å². The van der Waals surface area contributed by atoms with E-state index in [4.69, 9.17) is 23.2 Å². The van der Waals surface area contributed by atoms with E-state index in [2.05, 4.69) is 9.72 Å². The highest BCUT2D eigenvalue weighted by Gasteiger charge is 2.11. The van der Waals surface area contributed by atoms with Crippen LogP contribution in [-0.2, 0) is 11.2 Å². The van der Waals surface area contributed by atoms with Crippen molar-refractivity contribution >= 4 is 40.5 Å². The summed E-state index contributed by atoms with van der Waals surface area (Å²) in [6.07, 6.45) is 0.610. The van der Waals surface area contributed by atoms with Crippen LogP contribution in [0.3, 0.4) is 0 Å². The van der Waals surface area contributed by atoms with E-state index in [1.807, 2.05) is 6.07 Å². The SMILES string of the molecule is COC(=O)c1csc(Cc2ccc(Cl)c(Cl)c2)n1. The number of benzene rings is 1. The van der Waals surface area contributed by atoms with E-state index >= 15 is 0 Å². The molecule has 2 aromatic rings. The molecule has 18 heavy (non-hydrogen) atoms. The highest BCUT2D eigenvalue weighted by molar-refractivity contribution is 7.09. The number of esters is 1. The van der Waals surface area contributed by atoms with Gasteiger partial charge in [-0.15, -0.1) is 11.3 Å². The minimum Gasteiger partial charge on any atom is -0.464 e. The fraction of sp³-hybridized carbons (Fsp3) is 0.167. The third-order valence-electron chi connectivity index (χ3n) is 2.29. The molecule has 0 bridgehead atoms. The number of rotatable bonds is 3. The Morgan fingerprint density at radius 3 is 2.83 bits per heavy atom. The minimum atomic E-state index is -0.424. The summed E-state index contributed by atoms with van der Waals surface area (Å²) >= 11 is 13.2. The van der Waals surface area contributed by atoms with Crippen LogP contribution in [0, 0.1) is 0 Å². The first kappa shape index (κ1) is 13.3. The van der Waals surface area contributed by atoms with Gasteiger partial charge in [-0.25, -0.2) is 9.78 Å². The van der Waals surface area contributed by atoms with Crippen LogP contribution in [0.2, 0.25) is 10.0 Å². The van der Waals surface area contributed by atoms with Crippen LogP contribution in [0.1, 0.15) is 21.1 Å². The monoisotopic (exact) mass is 301 g/mol. The molecular formula is C12H9Cl2NO2S. The predicted octanol–water partition coefficient (Wildman–Crippen LogP) is 3.83. The Bertz CT molecular complexity index is 583. The Morgan fingerprint density at radius 2 is 2.17 bits per heavy atom. The van der Waals surface area contributed by atoms with Gasteiger partial charge in [-0.2, -0.15) is 0 Å². The Kier molecular flexibility index (Phi) is 4.22. The third-order valence-corrected chi connectivity index (χ3v) is 3.87. The molecule has 94 valence electrons. The van der Waals surface area contributed by atoms with E-state index in [9.17, 15) is 4.79 Å². The molecule has 3 nitrogen and oxygen atoms in total. The van der Waals surface area contributed by atoms with Gasteiger partial charge in [0.1, 0.15) is 0 Å². The minimum absolute atomic E-state index is 0.331. The summed E-state index contributed by atoms with van der Waals surface area (Å²) in [7, 11) is 1.33. The summed E-state index contributed by atoms with van der Waals surface area (Å²) in [5, 5.41) is 3.54. The van der Waals surface area contributed by atoms with Crippen molar-refractivity contribution < 1.29 is 9.53 Å². The molecule has 0 atom stereocenters. The fourth-order valence-corrected chi connectivity index (χ4v) is 2.53. The number of hydrogen-bond acceptors (Lipinski definition) is 4. The summed E-state index contributed by atoms with van der Waals surface area (Å²) in [6.45, 7) is 0. The zero-order chi connectivity index (χ0) is 13.1. The molecule has 0 spiro atoms. The average Bonchev–Trinajstić information content (AvgIpc) is 2.81. The standard InChI is InChI=1S/C12H9Cl2NO2S/c1-17-12(16)10-6-18-11(15-10)5-7-2-3-8(13)9(14)4-7/h2-4,6H,5H2,1H3. The van der Waals surface area contributed by atoms with Crippen LogP contribution in [-0.4, -0.2) is 18.1 Å². The van der Waals surface area contributed by atoms with Crippen LogP contribution >= 0.6 is 34.5 Å². The van der Waals surface area contributed by atoms with Crippen molar-refractivity contribution in [1.29, 1.82) is 0 Å². The van der Waals surface area contributed by atoms with Gasteiger partial charge in [-0.3, -0.25) is 0 Å². The number of aromatic nitrogens is 1. The van der Waals surface area contributed by atoms with Crippen molar-refractivity contribution in [3.63, 3.8) is 0 Å². The second-order valence-corrected chi connectivity index (χ2v) is 5.30. The maximum Gasteiger partial charge on any atom is 0.357 e. The van der Waals surface area contributed by atoms with Crippen molar-refractivity contribution in [2.45, 2.75) is 6.42 Å². The number of thiazole rings is 1. The lowest BCUT2D eigenvalue weighted by Crippen LogP contribution is -2.01. The smallest absolute Gasteiger partial charge is 0.357 e. The number of carbonyl (C=O) groups is 1.